The molecule has 154 valence electrons. The molecule has 0 saturated carbocycles. The lowest BCUT2D eigenvalue weighted by molar-refractivity contribution is -0.122. The number of nitrogens with zero attached hydrogens (tertiary/aromatic N) is 5. The molecule has 1 amide bonds. The molecule has 0 aliphatic carbocycles. The van der Waals surface area contributed by atoms with Gasteiger partial charge >= 0.3 is 7.12 Å². The number of ether oxygens (including phenoxy) is 1. The topological polar surface area (TPSA) is 152 Å². The average Bonchev–Trinajstić information content (AvgIpc) is 3.07. The smallest absolute Gasteiger partial charge is 0.427 e. The second-order valence-electron chi connectivity index (χ2n) is 6.37. The first-order valence-corrected chi connectivity index (χ1v) is 9.01. The Morgan fingerprint density at radius 3 is 2.78 bits per heavy atom. The molecule has 27 heavy (non-hydrogen) atoms. The quantitative estimate of drug-likeness (QED) is 0.246. The molecule has 2 heterocycles. The van der Waals surface area contributed by atoms with Gasteiger partial charge in [0.2, 0.25) is 5.91 Å². The summed E-state index contributed by atoms with van der Waals surface area (Å²) >= 11 is 0. The summed E-state index contributed by atoms with van der Waals surface area (Å²) in [5.41, 5.74) is 6.09. The molecule has 1 saturated heterocycles. The molecule has 1 unspecified atom stereocenters. The summed E-state index contributed by atoms with van der Waals surface area (Å²) in [4.78, 5) is 14.3. The number of carbonyl (C=O) groups is 1. The molecule has 1 aromatic heterocycles. The maximum absolute atomic E-state index is 12.1. The lowest BCUT2D eigenvalue weighted by Gasteiger charge is -2.26. The van der Waals surface area contributed by atoms with Crippen LogP contribution >= 0.6 is 12.4 Å². The number of aromatic nitrogens is 4. The Balaban J connectivity index is 0.00000364. The molecule has 0 aromatic carbocycles. The van der Waals surface area contributed by atoms with Gasteiger partial charge in [0.1, 0.15) is 6.54 Å². The molecule has 1 aliphatic rings. The highest BCUT2D eigenvalue weighted by Crippen LogP contribution is 2.14. The van der Waals surface area contributed by atoms with Crippen molar-refractivity contribution in [2.75, 3.05) is 39.4 Å². The molecular formula is C14H29BClN7O4. The fraction of sp³-hybridized carbons (Fsp3) is 0.857. The summed E-state index contributed by atoms with van der Waals surface area (Å²) in [6.45, 7) is 4.60. The van der Waals surface area contributed by atoms with Gasteiger partial charge in [-0.3, -0.25) is 9.69 Å². The SMILES string of the molecule is Cl.NC(CCCCB(O)O)c1nnnn1CC(=O)NCCN1CCOCC1. The highest BCUT2D eigenvalue weighted by molar-refractivity contribution is 6.40. The number of unbranched alkanes of at least 4 members (excludes halogenated alkanes) is 1. The Labute approximate surface area is 165 Å². The molecule has 1 aliphatic heterocycles. The molecule has 1 fully saturated rings. The van der Waals surface area contributed by atoms with E-state index in [0.29, 0.717) is 31.5 Å². The number of rotatable bonds is 11. The number of tetrazole rings is 1. The molecule has 5 N–H and O–H groups in total. The zero-order chi connectivity index (χ0) is 18.8. The van der Waals surface area contributed by atoms with E-state index in [-0.39, 0.29) is 24.9 Å². The van der Waals surface area contributed by atoms with Crippen molar-refractivity contribution in [3.05, 3.63) is 5.82 Å². The van der Waals surface area contributed by atoms with Crippen molar-refractivity contribution >= 4 is 25.4 Å². The summed E-state index contributed by atoms with van der Waals surface area (Å²) in [5.74, 6) is 0.292. The van der Waals surface area contributed by atoms with Gasteiger partial charge in [0, 0.05) is 26.2 Å². The summed E-state index contributed by atoms with van der Waals surface area (Å²) in [6, 6.07) is -0.401. The van der Waals surface area contributed by atoms with Gasteiger partial charge in [-0.05, 0) is 23.2 Å². The number of halogens is 1. The van der Waals surface area contributed by atoms with Crippen molar-refractivity contribution in [3.8, 4) is 0 Å². The largest absolute Gasteiger partial charge is 0.451 e. The lowest BCUT2D eigenvalue weighted by Crippen LogP contribution is -2.42. The van der Waals surface area contributed by atoms with Crippen LogP contribution in [0.3, 0.4) is 0 Å². The van der Waals surface area contributed by atoms with Crippen LogP contribution < -0.4 is 11.1 Å². The zero-order valence-corrected chi connectivity index (χ0v) is 16.2. The van der Waals surface area contributed by atoms with Crippen molar-refractivity contribution in [2.45, 2.75) is 38.2 Å². The van der Waals surface area contributed by atoms with Gasteiger partial charge in [-0.15, -0.1) is 17.5 Å². The first-order valence-electron chi connectivity index (χ1n) is 9.01. The number of amides is 1. The molecule has 0 bridgehead atoms. The second kappa shape index (κ2) is 13.0. The van der Waals surface area contributed by atoms with Gasteiger partial charge in [-0.2, -0.15) is 0 Å². The molecule has 1 aromatic rings. The zero-order valence-electron chi connectivity index (χ0n) is 15.4. The Kier molecular flexibility index (Phi) is 11.4. The number of nitrogens with one attached hydrogen (secondary N) is 1. The van der Waals surface area contributed by atoms with Crippen LogP contribution in [0.2, 0.25) is 6.32 Å². The maximum atomic E-state index is 12.1. The fourth-order valence-electron chi connectivity index (χ4n) is 2.78. The van der Waals surface area contributed by atoms with Gasteiger partial charge in [0.05, 0.1) is 19.3 Å². The van der Waals surface area contributed by atoms with Gasteiger partial charge in [0.25, 0.3) is 0 Å². The minimum absolute atomic E-state index is 0. The van der Waals surface area contributed by atoms with E-state index >= 15 is 0 Å². The number of carbonyl (C=O) groups excluding carboxylic acids is 1. The maximum Gasteiger partial charge on any atom is 0.451 e. The third-order valence-electron chi connectivity index (χ3n) is 4.27. The van der Waals surface area contributed by atoms with E-state index in [9.17, 15) is 4.79 Å². The van der Waals surface area contributed by atoms with E-state index in [1.807, 2.05) is 0 Å². The summed E-state index contributed by atoms with van der Waals surface area (Å²) in [6.07, 6.45) is 2.28. The number of hydrogen-bond acceptors (Lipinski definition) is 9. The Morgan fingerprint density at radius 1 is 1.33 bits per heavy atom. The van der Waals surface area contributed by atoms with Gasteiger partial charge < -0.3 is 25.8 Å². The van der Waals surface area contributed by atoms with E-state index in [2.05, 4.69) is 25.7 Å². The predicted octanol–water partition coefficient (Wildman–Crippen LogP) is -1.81. The lowest BCUT2D eigenvalue weighted by atomic mass is 9.83. The predicted molar refractivity (Wildman–Crippen MR) is 101 cm³/mol. The summed E-state index contributed by atoms with van der Waals surface area (Å²) < 4.78 is 6.70. The highest BCUT2D eigenvalue weighted by atomic mass is 35.5. The minimum Gasteiger partial charge on any atom is -0.427 e. The van der Waals surface area contributed by atoms with Crippen LogP contribution in [-0.2, 0) is 16.1 Å². The Hall–Kier alpha value is -1.31. The van der Waals surface area contributed by atoms with E-state index < -0.39 is 13.2 Å². The molecule has 0 radical (unpaired) electrons. The molecular weight excluding hydrogens is 376 g/mol. The van der Waals surface area contributed by atoms with Crippen molar-refractivity contribution in [3.63, 3.8) is 0 Å². The second-order valence-corrected chi connectivity index (χ2v) is 6.37. The van der Waals surface area contributed by atoms with Gasteiger partial charge in [-0.25, -0.2) is 4.68 Å². The van der Waals surface area contributed by atoms with Crippen molar-refractivity contribution in [1.82, 2.24) is 30.4 Å². The van der Waals surface area contributed by atoms with Crippen LogP contribution in [0.1, 0.15) is 31.1 Å². The first kappa shape index (κ1) is 23.7. The third kappa shape index (κ3) is 8.95. The molecule has 0 spiro atoms. The number of morpholine rings is 1. The number of hydrogen-bond donors (Lipinski definition) is 4. The Morgan fingerprint density at radius 2 is 2.07 bits per heavy atom. The van der Waals surface area contributed by atoms with Crippen LogP contribution in [0.25, 0.3) is 0 Å². The van der Waals surface area contributed by atoms with Crippen LogP contribution in [0, 0.1) is 0 Å². The Bertz CT molecular complexity index is 545. The normalized spacial score (nSPS) is 15.8. The van der Waals surface area contributed by atoms with Crippen LogP contribution in [0.5, 0.6) is 0 Å². The van der Waals surface area contributed by atoms with E-state index in [1.165, 1.54) is 4.68 Å². The minimum atomic E-state index is -1.29. The van der Waals surface area contributed by atoms with Gasteiger partial charge in [-0.1, -0.05) is 12.8 Å². The molecule has 11 nitrogen and oxygen atoms in total. The third-order valence-corrected chi connectivity index (χ3v) is 4.27. The van der Waals surface area contributed by atoms with Gasteiger partial charge in [0.15, 0.2) is 5.82 Å². The molecule has 2 rings (SSSR count). The van der Waals surface area contributed by atoms with Crippen molar-refractivity contribution in [1.29, 1.82) is 0 Å². The van der Waals surface area contributed by atoms with Crippen LogP contribution in [-0.4, -0.2) is 87.6 Å². The highest BCUT2D eigenvalue weighted by Gasteiger charge is 2.17. The van der Waals surface area contributed by atoms with Crippen molar-refractivity contribution in [2.24, 2.45) is 5.73 Å². The van der Waals surface area contributed by atoms with Crippen molar-refractivity contribution < 1.29 is 19.6 Å². The van der Waals surface area contributed by atoms with E-state index in [4.69, 9.17) is 20.5 Å². The van der Waals surface area contributed by atoms with Crippen LogP contribution in [0.4, 0.5) is 0 Å². The number of nitrogens with two attached hydrogens (primary N) is 1. The first-order chi connectivity index (χ1) is 12.6. The monoisotopic (exact) mass is 405 g/mol. The molecule has 1 atom stereocenters. The summed E-state index contributed by atoms with van der Waals surface area (Å²) in [7, 11) is -1.29. The van der Waals surface area contributed by atoms with E-state index in [1.54, 1.807) is 0 Å². The average molecular weight is 406 g/mol. The fourth-order valence-corrected chi connectivity index (χ4v) is 2.78. The summed E-state index contributed by atoms with van der Waals surface area (Å²) in [5, 5.41) is 31.9. The standard InChI is InChI=1S/C14H28BN7O4.ClH/c16-12(3-1-2-4-15(24)25)14-18-19-20-22(14)11-13(23)17-5-6-21-7-9-26-10-8-21;/h12,24-25H,1-11,16H2,(H,17,23);1H. The van der Waals surface area contributed by atoms with Crippen LogP contribution in [0.15, 0.2) is 0 Å². The molecule has 13 heteroatoms. The van der Waals surface area contributed by atoms with E-state index in [0.717, 1.165) is 39.3 Å².